The minimum atomic E-state index is -0.263. The lowest BCUT2D eigenvalue weighted by Gasteiger charge is -2.29. The van der Waals surface area contributed by atoms with Crippen LogP contribution in [0.5, 0.6) is 0 Å². The molecule has 0 aromatic rings. The summed E-state index contributed by atoms with van der Waals surface area (Å²) in [4.78, 5) is 24.4. The summed E-state index contributed by atoms with van der Waals surface area (Å²) in [7, 11) is 6.13. The van der Waals surface area contributed by atoms with E-state index in [0.29, 0.717) is 30.1 Å². The number of urea groups is 1. The van der Waals surface area contributed by atoms with Crippen LogP contribution in [0.1, 0.15) is 85.0 Å². The molecule has 190 valence electrons. The summed E-state index contributed by atoms with van der Waals surface area (Å²) < 4.78 is 11.6. The lowest BCUT2D eigenvalue weighted by Crippen LogP contribution is -2.52. The maximum absolute atomic E-state index is 12.3. The Morgan fingerprint density at radius 1 is 0.875 bits per heavy atom. The fourth-order valence-corrected chi connectivity index (χ4v) is 3.37. The van der Waals surface area contributed by atoms with Crippen LogP contribution in [0.15, 0.2) is 0 Å². The topological polar surface area (TPSA) is 76.7 Å². The molecule has 0 aliphatic rings. The van der Waals surface area contributed by atoms with Crippen LogP contribution in [0, 0.1) is 5.92 Å². The second-order valence-corrected chi connectivity index (χ2v) is 10.3. The number of rotatable bonds is 20. The van der Waals surface area contributed by atoms with E-state index in [1.807, 2.05) is 35.0 Å². The van der Waals surface area contributed by atoms with Gasteiger partial charge in [0.15, 0.2) is 0 Å². The van der Waals surface area contributed by atoms with Crippen molar-refractivity contribution in [1.29, 1.82) is 0 Å². The third-order valence-electron chi connectivity index (χ3n) is 4.99. The number of esters is 1. The molecule has 0 bridgehead atoms. The largest absolute Gasteiger partial charge is 0.465 e. The minimum Gasteiger partial charge on any atom is -0.465 e. The molecule has 0 heterocycles. The molecule has 32 heavy (non-hydrogen) atoms. The number of ether oxygens (including phenoxy) is 2. The van der Waals surface area contributed by atoms with Gasteiger partial charge in [0.2, 0.25) is 0 Å². The van der Waals surface area contributed by atoms with Crippen molar-refractivity contribution in [1.82, 2.24) is 10.6 Å². The van der Waals surface area contributed by atoms with Gasteiger partial charge < -0.3 is 24.6 Å². The summed E-state index contributed by atoms with van der Waals surface area (Å²) in [5.74, 6) is 0.0368. The number of quaternary nitrogens is 1. The van der Waals surface area contributed by atoms with Gasteiger partial charge in [0.1, 0.15) is 0 Å². The van der Waals surface area contributed by atoms with Gasteiger partial charge in [-0.3, -0.25) is 4.79 Å². The Bertz CT molecular complexity index is 478. The van der Waals surface area contributed by atoms with E-state index in [-0.39, 0.29) is 24.5 Å². The van der Waals surface area contributed by atoms with E-state index in [1.54, 1.807) is 0 Å². The molecule has 0 spiro atoms. The Kier molecular flexibility index (Phi) is 18.4. The van der Waals surface area contributed by atoms with Crippen LogP contribution in [0.4, 0.5) is 4.79 Å². The first kappa shape index (κ1) is 30.7. The molecule has 0 radical (unpaired) electrons. The maximum atomic E-state index is 12.3. The first-order chi connectivity index (χ1) is 15.1. The van der Waals surface area contributed by atoms with E-state index in [2.05, 4.69) is 17.6 Å². The maximum Gasteiger partial charge on any atom is 0.315 e. The van der Waals surface area contributed by atoms with Crippen LogP contribution in [0.25, 0.3) is 0 Å². The molecule has 0 saturated carbocycles. The number of nitrogens with zero attached hydrogens (tertiary/aromatic N) is 1. The highest BCUT2D eigenvalue weighted by molar-refractivity contribution is 5.76. The first-order valence-corrected chi connectivity index (χ1v) is 12.7. The summed E-state index contributed by atoms with van der Waals surface area (Å²) in [5.41, 5.74) is 0. The Labute approximate surface area is 197 Å². The van der Waals surface area contributed by atoms with Gasteiger partial charge in [-0.2, -0.15) is 0 Å². The zero-order valence-electron chi connectivity index (χ0n) is 21.8. The van der Waals surface area contributed by atoms with E-state index in [0.717, 1.165) is 38.9 Å². The van der Waals surface area contributed by atoms with Crippen LogP contribution in [-0.4, -0.2) is 76.6 Å². The predicted molar refractivity (Wildman–Crippen MR) is 132 cm³/mol. The monoisotopic (exact) mass is 458 g/mol. The third kappa shape index (κ3) is 21.9. The smallest absolute Gasteiger partial charge is 0.315 e. The van der Waals surface area contributed by atoms with Crippen LogP contribution < -0.4 is 10.6 Å². The summed E-state index contributed by atoms with van der Waals surface area (Å²) in [6.07, 6.45) is 10.8. The highest BCUT2D eigenvalue weighted by Gasteiger charge is 2.23. The highest BCUT2D eigenvalue weighted by atomic mass is 16.5. The molecule has 1 unspecified atom stereocenters. The number of nitrogens with one attached hydrogen (secondary N) is 2. The molecule has 7 nitrogen and oxygen atoms in total. The van der Waals surface area contributed by atoms with Gasteiger partial charge >= 0.3 is 12.0 Å². The average molecular weight is 459 g/mol. The van der Waals surface area contributed by atoms with E-state index in [9.17, 15) is 9.59 Å². The SMILES string of the molecule is CCCCCCCOCCCCCCNC(=O)NC(CC(=O)OCC(C)C)C[N+](C)(C)C. The second kappa shape index (κ2) is 19.2. The van der Waals surface area contributed by atoms with Crippen LogP contribution in [-0.2, 0) is 14.3 Å². The molecular formula is C25H52N3O4+. The lowest BCUT2D eigenvalue weighted by molar-refractivity contribution is -0.871. The fraction of sp³-hybridized carbons (Fsp3) is 0.920. The molecule has 0 aliphatic heterocycles. The number of hydrogen-bond acceptors (Lipinski definition) is 4. The molecule has 2 amide bonds. The second-order valence-electron chi connectivity index (χ2n) is 10.3. The van der Waals surface area contributed by atoms with Crippen molar-refractivity contribution in [2.75, 3.05) is 54.1 Å². The normalized spacial score (nSPS) is 12.6. The lowest BCUT2D eigenvalue weighted by atomic mass is 10.2. The Hall–Kier alpha value is -1.34. The molecule has 0 aromatic carbocycles. The van der Waals surface area contributed by atoms with Crippen LogP contribution in [0.3, 0.4) is 0 Å². The van der Waals surface area contributed by atoms with Crippen molar-refractivity contribution >= 4 is 12.0 Å². The number of likely N-dealkylation sites (N-methyl/N-ethyl adjacent to an activating group) is 1. The van der Waals surface area contributed by atoms with Crippen LogP contribution in [0.2, 0.25) is 0 Å². The van der Waals surface area contributed by atoms with Gasteiger partial charge in [0.25, 0.3) is 0 Å². The molecule has 0 rings (SSSR count). The van der Waals surface area contributed by atoms with Crippen molar-refractivity contribution in [2.45, 2.75) is 91.0 Å². The molecule has 0 fully saturated rings. The van der Waals surface area contributed by atoms with E-state index in [1.165, 1.54) is 32.1 Å². The Morgan fingerprint density at radius 3 is 2.03 bits per heavy atom. The van der Waals surface area contributed by atoms with E-state index < -0.39 is 0 Å². The number of unbranched alkanes of at least 4 members (excludes halogenated alkanes) is 7. The van der Waals surface area contributed by atoms with Gasteiger partial charge in [-0.15, -0.1) is 0 Å². The molecule has 0 aromatic heterocycles. The summed E-state index contributed by atoms with van der Waals surface area (Å²) in [6.45, 7) is 9.66. The quantitative estimate of drug-likeness (QED) is 0.160. The van der Waals surface area contributed by atoms with Crippen molar-refractivity contribution in [3.8, 4) is 0 Å². The highest BCUT2D eigenvalue weighted by Crippen LogP contribution is 2.05. The summed E-state index contributed by atoms with van der Waals surface area (Å²) in [5, 5.41) is 5.87. The Morgan fingerprint density at radius 2 is 1.47 bits per heavy atom. The predicted octanol–water partition coefficient (Wildman–Crippen LogP) is 4.50. The standard InChI is InChI=1S/C25H51N3O4/c1-7-8-9-11-14-17-31-18-15-12-10-13-16-26-25(30)27-23(20-28(4,5)6)19-24(29)32-21-22(2)3/h22-23H,7-21H2,1-6H3,(H-,26,27,30)/p+1. The molecule has 0 saturated heterocycles. The molecule has 7 heteroatoms. The van der Waals surface area contributed by atoms with Crippen molar-refractivity contribution in [3.63, 3.8) is 0 Å². The van der Waals surface area contributed by atoms with Crippen molar-refractivity contribution in [2.24, 2.45) is 5.92 Å². The molecule has 2 N–H and O–H groups in total. The zero-order valence-corrected chi connectivity index (χ0v) is 21.8. The number of carbonyl (C=O) groups excluding carboxylic acids is 2. The number of amides is 2. The Balaban J connectivity index is 3.90. The van der Waals surface area contributed by atoms with Crippen molar-refractivity contribution in [3.05, 3.63) is 0 Å². The molecular weight excluding hydrogens is 406 g/mol. The van der Waals surface area contributed by atoms with Crippen LogP contribution >= 0.6 is 0 Å². The average Bonchev–Trinajstić information content (AvgIpc) is 2.68. The zero-order chi connectivity index (χ0) is 24.2. The van der Waals surface area contributed by atoms with Gasteiger partial charge in [0, 0.05) is 19.8 Å². The number of hydrogen-bond donors (Lipinski definition) is 2. The van der Waals surface area contributed by atoms with Gasteiger partial charge in [-0.1, -0.05) is 59.3 Å². The van der Waals surface area contributed by atoms with Crippen molar-refractivity contribution < 1.29 is 23.5 Å². The minimum absolute atomic E-state index is 0.189. The first-order valence-electron chi connectivity index (χ1n) is 12.7. The van der Waals surface area contributed by atoms with Gasteiger partial charge in [0.05, 0.1) is 46.8 Å². The molecule has 0 aliphatic carbocycles. The third-order valence-corrected chi connectivity index (χ3v) is 4.99. The summed E-state index contributed by atoms with van der Waals surface area (Å²) >= 11 is 0. The van der Waals surface area contributed by atoms with Gasteiger partial charge in [-0.05, 0) is 25.2 Å². The fourth-order valence-electron chi connectivity index (χ4n) is 3.37. The van der Waals surface area contributed by atoms with E-state index >= 15 is 0 Å². The van der Waals surface area contributed by atoms with Gasteiger partial charge in [-0.25, -0.2) is 4.79 Å². The number of carbonyl (C=O) groups is 2. The summed E-state index contributed by atoms with van der Waals surface area (Å²) in [6, 6.07) is -0.472. The van der Waals surface area contributed by atoms with E-state index in [4.69, 9.17) is 9.47 Å². The molecule has 1 atom stereocenters.